The van der Waals surface area contributed by atoms with E-state index in [0.29, 0.717) is 11.3 Å². The molecule has 0 aliphatic carbocycles. The van der Waals surface area contributed by atoms with Crippen molar-refractivity contribution in [1.82, 2.24) is 9.97 Å². The average Bonchev–Trinajstić information content (AvgIpc) is 2.79. The second kappa shape index (κ2) is 8.62. The number of nitrogens with one attached hydrogen (secondary N) is 1. The van der Waals surface area contributed by atoms with E-state index in [1.54, 1.807) is 30.5 Å². The molecule has 3 aromatic rings. The van der Waals surface area contributed by atoms with Gasteiger partial charge in [0.1, 0.15) is 11.5 Å². The molecule has 0 bridgehead atoms. The molecule has 1 aromatic heterocycles. The molecule has 1 N–H and O–H groups in total. The Morgan fingerprint density at radius 3 is 2.47 bits per heavy atom. The number of piperazine rings is 1. The second-order valence-corrected chi connectivity index (χ2v) is 7.22. The molecule has 7 heteroatoms. The first-order chi connectivity index (χ1) is 14.6. The van der Waals surface area contributed by atoms with Crippen LogP contribution in [0.1, 0.15) is 21.6 Å². The van der Waals surface area contributed by atoms with E-state index < -0.39 is 0 Å². The van der Waals surface area contributed by atoms with Crippen molar-refractivity contribution in [2.45, 2.75) is 6.92 Å². The lowest BCUT2D eigenvalue weighted by Crippen LogP contribution is -2.46. The van der Waals surface area contributed by atoms with Crippen molar-refractivity contribution < 1.29 is 4.79 Å². The van der Waals surface area contributed by atoms with Crippen LogP contribution in [0.15, 0.2) is 60.9 Å². The van der Waals surface area contributed by atoms with Crippen LogP contribution in [0.3, 0.4) is 0 Å². The molecule has 0 spiro atoms. The maximum absolute atomic E-state index is 12.4. The van der Waals surface area contributed by atoms with Gasteiger partial charge in [-0.15, -0.1) is 0 Å². The van der Waals surface area contributed by atoms with Gasteiger partial charge in [0.25, 0.3) is 5.91 Å². The number of hydrogen-bond acceptors (Lipinski definition) is 6. The van der Waals surface area contributed by atoms with E-state index >= 15 is 0 Å². The summed E-state index contributed by atoms with van der Waals surface area (Å²) in [7, 11) is 0. The van der Waals surface area contributed by atoms with E-state index in [-0.39, 0.29) is 11.6 Å². The number of nitriles is 1. The first-order valence-electron chi connectivity index (χ1n) is 9.82. The number of nitrogens with zero attached hydrogens (tertiary/aromatic N) is 5. The summed E-state index contributed by atoms with van der Waals surface area (Å²) in [6.45, 7) is 5.60. The number of rotatable bonds is 4. The van der Waals surface area contributed by atoms with Gasteiger partial charge < -0.3 is 15.1 Å². The summed E-state index contributed by atoms with van der Waals surface area (Å²) in [6.07, 6.45) is 3.13. The van der Waals surface area contributed by atoms with E-state index in [2.05, 4.69) is 62.3 Å². The van der Waals surface area contributed by atoms with Crippen molar-refractivity contribution in [3.63, 3.8) is 0 Å². The number of aromatic nitrogens is 2. The molecule has 1 saturated heterocycles. The van der Waals surface area contributed by atoms with Gasteiger partial charge in [-0.3, -0.25) is 4.79 Å². The zero-order valence-electron chi connectivity index (χ0n) is 16.7. The highest BCUT2D eigenvalue weighted by Crippen LogP contribution is 2.20. The van der Waals surface area contributed by atoms with Crippen molar-refractivity contribution in [3.8, 4) is 6.07 Å². The third-order valence-corrected chi connectivity index (χ3v) is 5.09. The van der Waals surface area contributed by atoms with Crippen LogP contribution >= 0.6 is 0 Å². The van der Waals surface area contributed by atoms with E-state index in [1.165, 1.54) is 17.4 Å². The Balaban J connectivity index is 1.37. The monoisotopic (exact) mass is 398 g/mol. The van der Waals surface area contributed by atoms with Crippen LogP contribution in [0.2, 0.25) is 0 Å². The fourth-order valence-electron chi connectivity index (χ4n) is 3.48. The van der Waals surface area contributed by atoms with Gasteiger partial charge in [0, 0.05) is 37.6 Å². The fourth-order valence-corrected chi connectivity index (χ4v) is 3.48. The van der Waals surface area contributed by atoms with Gasteiger partial charge in [-0.25, -0.2) is 9.97 Å². The van der Waals surface area contributed by atoms with Crippen LogP contribution in [0.25, 0.3) is 0 Å². The van der Waals surface area contributed by atoms with Gasteiger partial charge in [-0.2, -0.15) is 5.26 Å². The molecular weight excluding hydrogens is 376 g/mol. The number of benzene rings is 2. The quantitative estimate of drug-likeness (QED) is 0.726. The van der Waals surface area contributed by atoms with E-state index in [4.69, 9.17) is 5.26 Å². The maximum Gasteiger partial charge on any atom is 0.275 e. The van der Waals surface area contributed by atoms with Crippen LogP contribution in [0, 0.1) is 18.3 Å². The minimum absolute atomic E-state index is 0.236. The molecule has 4 rings (SSSR count). The molecule has 7 nitrogen and oxygen atoms in total. The Labute approximate surface area is 175 Å². The standard InChI is InChI=1S/C23H22N6O/c1-17-4-2-7-20(12-17)28-8-10-29(11-9-28)22-16-25-21(15-26-22)23(30)27-19-6-3-5-18(13-19)14-24/h2-7,12-13,15-16H,8-11H2,1H3,(H,27,30). The number of carbonyl (C=O) groups excluding carboxylic acids is 1. The van der Waals surface area contributed by atoms with Crippen molar-refractivity contribution >= 4 is 23.1 Å². The number of hydrogen-bond donors (Lipinski definition) is 1. The summed E-state index contributed by atoms with van der Waals surface area (Å²) < 4.78 is 0. The van der Waals surface area contributed by atoms with Crippen LogP contribution in [-0.2, 0) is 0 Å². The first kappa shape index (κ1) is 19.4. The molecule has 1 amide bonds. The molecule has 2 aromatic carbocycles. The van der Waals surface area contributed by atoms with E-state index in [0.717, 1.165) is 32.0 Å². The van der Waals surface area contributed by atoms with Crippen molar-refractivity contribution in [3.05, 3.63) is 77.7 Å². The van der Waals surface area contributed by atoms with Crippen molar-refractivity contribution in [2.24, 2.45) is 0 Å². The molecule has 1 aliphatic rings. The zero-order chi connectivity index (χ0) is 20.9. The predicted octanol–water partition coefficient (Wildman–Crippen LogP) is 3.24. The summed E-state index contributed by atoms with van der Waals surface area (Å²) >= 11 is 0. The molecule has 30 heavy (non-hydrogen) atoms. The highest BCUT2D eigenvalue weighted by molar-refractivity contribution is 6.02. The molecule has 0 unspecified atom stereocenters. The van der Waals surface area contributed by atoms with Gasteiger partial charge >= 0.3 is 0 Å². The third-order valence-electron chi connectivity index (χ3n) is 5.09. The van der Waals surface area contributed by atoms with E-state index in [1.807, 2.05) is 0 Å². The van der Waals surface area contributed by atoms with Crippen molar-refractivity contribution in [2.75, 3.05) is 41.3 Å². The Morgan fingerprint density at radius 2 is 1.77 bits per heavy atom. The SMILES string of the molecule is Cc1cccc(N2CCN(c3cnc(C(=O)Nc4cccc(C#N)c4)cn3)CC2)c1. The molecule has 0 saturated carbocycles. The Hall–Kier alpha value is -3.92. The van der Waals surface area contributed by atoms with E-state index in [9.17, 15) is 4.79 Å². The summed E-state index contributed by atoms with van der Waals surface area (Å²) in [5.41, 5.74) is 3.78. The number of amides is 1. The average molecular weight is 398 g/mol. The molecule has 0 atom stereocenters. The third kappa shape index (κ3) is 4.39. The highest BCUT2D eigenvalue weighted by atomic mass is 16.1. The molecular formula is C23H22N6O. The van der Waals surface area contributed by atoms with Crippen molar-refractivity contribution in [1.29, 1.82) is 5.26 Å². The largest absolute Gasteiger partial charge is 0.368 e. The second-order valence-electron chi connectivity index (χ2n) is 7.22. The predicted molar refractivity (Wildman–Crippen MR) is 117 cm³/mol. The Morgan fingerprint density at radius 1 is 1.00 bits per heavy atom. The minimum Gasteiger partial charge on any atom is -0.368 e. The lowest BCUT2D eigenvalue weighted by molar-refractivity contribution is 0.102. The van der Waals surface area contributed by atoms with Crippen LogP contribution in [-0.4, -0.2) is 42.1 Å². The summed E-state index contributed by atoms with van der Waals surface area (Å²) in [5, 5.41) is 11.7. The first-order valence-corrected chi connectivity index (χ1v) is 9.82. The smallest absolute Gasteiger partial charge is 0.275 e. The Bertz CT molecular complexity index is 1080. The van der Waals surface area contributed by atoms with Gasteiger partial charge in [-0.05, 0) is 42.8 Å². The lowest BCUT2D eigenvalue weighted by atomic mass is 10.2. The lowest BCUT2D eigenvalue weighted by Gasteiger charge is -2.36. The number of aryl methyl sites for hydroxylation is 1. The molecule has 1 fully saturated rings. The highest BCUT2D eigenvalue weighted by Gasteiger charge is 2.19. The zero-order valence-corrected chi connectivity index (χ0v) is 16.7. The van der Waals surface area contributed by atoms with Gasteiger partial charge in [0.15, 0.2) is 0 Å². The van der Waals surface area contributed by atoms with Crippen LogP contribution in [0.5, 0.6) is 0 Å². The van der Waals surface area contributed by atoms with Crippen LogP contribution in [0.4, 0.5) is 17.2 Å². The molecule has 1 aliphatic heterocycles. The normalized spacial score (nSPS) is 13.6. The topological polar surface area (TPSA) is 85.1 Å². The minimum atomic E-state index is -0.353. The van der Waals surface area contributed by atoms with Crippen LogP contribution < -0.4 is 15.1 Å². The summed E-state index contributed by atoms with van der Waals surface area (Å²) in [4.78, 5) is 25.7. The molecule has 2 heterocycles. The fraction of sp³-hybridized carbons (Fsp3) is 0.217. The summed E-state index contributed by atoms with van der Waals surface area (Å²) in [6, 6.07) is 17.3. The number of anilines is 3. The van der Waals surface area contributed by atoms with Gasteiger partial charge in [0.2, 0.25) is 0 Å². The molecule has 150 valence electrons. The Kier molecular flexibility index (Phi) is 5.57. The molecule has 0 radical (unpaired) electrons. The van der Waals surface area contributed by atoms with Gasteiger partial charge in [0.05, 0.1) is 24.0 Å². The maximum atomic E-state index is 12.4. The summed E-state index contributed by atoms with van der Waals surface area (Å²) in [5.74, 6) is 0.412. The van der Waals surface area contributed by atoms with Gasteiger partial charge in [-0.1, -0.05) is 18.2 Å². The number of carbonyl (C=O) groups is 1.